The maximum atomic E-state index is 12.9. The van der Waals surface area contributed by atoms with Crippen LogP contribution in [-0.2, 0) is 7.05 Å². The van der Waals surface area contributed by atoms with Crippen LogP contribution in [0.15, 0.2) is 31.0 Å². The number of aliphatic hydroxyl groups excluding tert-OH is 1. The zero-order valence-electron chi connectivity index (χ0n) is 15.9. The van der Waals surface area contributed by atoms with E-state index in [0.717, 1.165) is 24.0 Å². The minimum absolute atomic E-state index is 0.0136. The molecule has 1 N–H and O–H groups in total. The van der Waals surface area contributed by atoms with E-state index in [9.17, 15) is 9.90 Å². The molecule has 146 valence electrons. The van der Waals surface area contributed by atoms with Crippen molar-refractivity contribution in [3.05, 3.63) is 42.4 Å². The van der Waals surface area contributed by atoms with Gasteiger partial charge < -0.3 is 19.1 Å². The van der Waals surface area contributed by atoms with Gasteiger partial charge in [-0.05, 0) is 37.7 Å². The first-order valence-corrected chi connectivity index (χ1v) is 9.89. The van der Waals surface area contributed by atoms with E-state index >= 15 is 0 Å². The van der Waals surface area contributed by atoms with E-state index in [2.05, 4.69) is 19.5 Å². The molecule has 4 heterocycles. The number of hydrogen-bond donors (Lipinski definition) is 1. The number of rotatable bonds is 4. The monoisotopic (exact) mass is 380 g/mol. The third-order valence-electron chi connectivity index (χ3n) is 6.00. The number of nitrogens with zero attached hydrogens (tertiary/aromatic N) is 6. The molecule has 0 aromatic carbocycles. The van der Waals surface area contributed by atoms with Crippen molar-refractivity contribution in [3.63, 3.8) is 0 Å². The van der Waals surface area contributed by atoms with Gasteiger partial charge in [-0.25, -0.2) is 15.0 Å². The lowest BCUT2D eigenvalue weighted by Gasteiger charge is -2.34. The Morgan fingerprint density at radius 2 is 1.96 bits per heavy atom. The zero-order chi connectivity index (χ0) is 19.3. The van der Waals surface area contributed by atoms with Crippen molar-refractivity contribution >= 4 is 17.1 Å². The van der Waals surface area contributed by atoms with Crippen LogP contribution in [-0.4, -0.2) is 53.1 Å². The van der Waals surface area contributed by atoms with Crippen LogP contribution in [0.1, 0.15) is 54.0 Å². The normalized spacial score (nSPS) is 19.3. The molecule has 3 aromatic heterocycles. The zero-order valence-corrected chi connectivity index (χ0v) is 15.9. The summed E-state index contributed by atoms with van der Waals surface area (Å²) in [7, 11) is 1.89. The van der Waals surface area contributed by atoms with Crippen LogP contribution in [0.2, 0.25) is 0 Å². The lowest BCUT2D eigenvalue weighted by Crippen LogP contribution is -2.40. The van der Waals surface area contributed by atoms with Crippen LogP contribution in [0.5, 0.6) is 0 Å². The molecule has 8 nitrogen and oxygen atoms in total. The van der Waals surface area contributed by atoms with E-state index in [1.807, 2.05) is 35.1 Å². The SMILES string of the molecule is Cn1ccnc1C(O)C1CCN(C(=O)c2cnc3c(c2)ncn3C2CC2)CC1. The van der Waals surface area contributed by atoms with Crippen LogP contribution >= 0.6 is 0 Å². The van der Waals surface area contributed by atoms with E-state index in [-0.39, 0.29) is 11.8 Å². The van der Waals surface area contributed by atoms with Gasteiger partial charge in [0.1, 0.15) is 17.4 Å². The fourth-order valence-electron chi connectivity index (χ4n) is 4.13. The summed E-state index contributed by atoms with van der Waals surface area (Å²) in [5.41, 5.74) is 2.21. The van der Waals surface area contributed by atoms with Crippen molar-refractivity contribution in [2.24, 2.45) is 13.0 Å². The van der Waals surface area contributed by atoms with Crippen molar-refractivity contribution in [2.45, 2.75) is 37.8 Å². The Kier molecular flexibility index (Phi) is 4.16. The van der Waals surface area contributed by atoms with Gasteiger partial charge in [0.2, 0.25) is 0 Å². The molecule has 5 rings (SSSR count). The average molecular weight is 380 g/mol. The number of aliphatic hydroxyl groups is 1. The maximum Gasteiger partial charge on any atom is 0.255 e. The summed E-state index contributed by atoms with van der Waals surface area (Å²) in [5.74, 6) is 0.783. The largest absolute Gasteiger partial charge is 0.385 e. The van der Waals surface area contributed by atoms with Gasteiger partial charge in [0, 0.05) is 44.8 Å². The third kappa shape index (κ3) is 2.97. The number of carbonyl (C=O) groups is 1. The molecule has 2 fully saturated rings. The number of imidazole rings is 2. The predicted molar refractivity (Wildman–Crippen MR) is 103 cm³/mol. The number of pyridine rings is 1. The molecule has 0 bridgehead atoms. The maximum absolute atomic E-state index is 12.9. The molecule has 1 atom stereocenters. The number of carbonyl (C=O) groups excluding carboxylic acids is 1. The lowest BCUT2D eigenvalue weighted by atomic mass is 9.90. The molecule has 0 spiro atoms. The smallest absolute Gasteiger partial charge is 0.255 e. The van der Waals surface area contributed by atoms with Gasteiger partial charge in [-0.2, -0.15) is 0 Å². The first-order valence-electron chi connectivity index (χ1n) is 9.89. The first kappa shape index (κ1) is 17.4. The molecular formula is C20H24N6O2. The highest BCUT2D eigenvalue weighted by Crippen LogP contribution is 2.36. The summed E-state index contributed by atoms with van der Waals surface area (Å²) in [4.78, 5) is 28.0. The Bertz CT molecular complexity index is 1010. The van der Waals surface area contributed by atoms with Crippen LogP contribution in [0.4, 0.5) is 0 Å². The molecule has 8 heteroatoms. The van der Waals surface area contributed by atoms with Crippen molar-refractivity contribution in [2.75, 3.05) is 13.1 Å². The number of aromatic nitrogens is 5. The number of hydrogen-bond acceptors (Lipinski definition) is 5. The second-order valence-corrected chi connectivity index (χ2v) is 7.92. The van der Waals surface area contributed by atoms with Crippen LogP contribution in [0, 0.1) is 5.92 Å². The quantitative estimate of drug-likeness (QED) is 0.749. The van der Waals surface area contributed by atoms with Gasteiger partial charge >= 0.3 is 0 Å². The fourth-order valence-corrected chi connectivity index (χ4v) is 4.13. The molecule has 0 radical (unpaired) electrons. The van der Waals surface area contributed by atoms with Gasteiger partial charge in [0.15, 0.2) is 5.65 Å². The molecule has 1 saturated carbocycles. The second-order valence-electron chi connectivity index (χ2n) is 7.92. The molecule has 3 aromatic rings. The Hall–Kier alpha value is -2.74. The van der Waals surface area contributed by atoms with E-state index in [1.54, 1.807) is 12.4 Å². The van der Waals surface area contributed by atoms with Gasteiger partial charge in [0.05, 0.1) is 11.9 Å². The second kappa shape index (κ2) is 6.70. The highest BCUT2D eigenvalue weighted by Gasteiger charge is 2.31. The number of amides is 1. The van der Waals surface area contributed by atoms with Crippen LogP contribution in [0.25, 0.3) is 11.2 Å². The molecule has 28 heavy (non-hydrogen) atoms. The highest BCUT2D eigenvalue weighted by atomic mass is 16.3. The standard InChI is InChI=1S/C20H24N6O2/c1-24-9-6-21-19(24)17(27)13-4-7-25(8-5-13)20(28)14-10-16-18(22-11-14)26(12-23-16)15-2-3-15/h6,9-13,15,17,27H,2-5,7-8H2,1H3. The van der Waals surface area contributed by atoms with Gasteiger partial charge in [-0.3, -0.25) is 4.79 Å². The van der Waals surface area contributed by atoms with E-state index in [0.29, 0.717) is 30.5 Å². The van der Waals surface area contributed by atoms with Gasteiger partial charge in [-0.15, -0.1) is 0 Å². The lowest BCUT2D eigenvalue weighted by molar-refractivity contribution is 0.0420. The van der Waals surface area contributed by atoms with Crippen molar-refractivity contribution in [3.8, 4) is 0 Å². The Morgan fingerprint density at radius 1 is 1.18 bits per heavy atom. The van der Waals surface area contributed by atoms with Gasteiger partial charge in [-0.1, -0.05) is 0 Å². The Balaban J connectivity index is 1.27. The summed E-state index contributed by atoms with van der Waals surface area (Å²) in [6.07, 6.45) is 10.3. The fraction of sp³-hybridized carbons (Fsp3) is 0.500. The first-order chi connectivity index (χ1) is 13.6. The van der Waals surface area contributed by atoms with Crippen molar-refractivity contribution < 1.29 is 9.90 Å². The van der Waals surface area contributed by atoms with E-state index < -0.39 is 6.10 Å². The van der Waals surface area contributed by atoms with Gasteiger partial charge in [0.25, 0.3) is 5.91 Å². The third-order valence-corrected chi connectivity index (χ3v) is 6.00. The molecule has 1 saturated heterocycles. The number of aryl methyl sites for hydroxylation is 1. The topological polar surface area (TPSA) is 89.1 Å². The molecule has 1 aliphatic carbocycles. The summed E-state index contributed by atoms with van der Waals surface area (Å²) < 4.78 is 3.96. The molecule has 1 unspecified atom stereocenters. The summed E-state index contributed by atoms with van der Waals surface area (Å²) in [5, 5.41) is 10.6. The van der Waals surface area contributed by atoms with Crippen LogP contribution < -0.4 is 0 Å². The average Bonchev–Trinajstić information content (AvgIpc) is 3.34. The predicted octanol–water partition coefficient (Wildman–Crippen LogP) is 2.09. The number of piperidine rings is 1. The Labute approximate surface area is 162 Å². The molecule has 1 amide bonds. The summed E-state index contributed by atoms with van der Waals surface area (Å²) in [6, 6.07) is 2.36. The summed E-state index contributed by atoms with van der Waals surface area (Å²) in [6.45, 7) is 1.25. The Morgan fingerprint density at radius 3 is 2.64 bits per heavy atom. The van der Waals surface area contributed by atoms with E-state index in [4.69, 9.17) is 0 Å². The highest BCUT2D eigenvalue weighted by molar-refractivity contribution is 5.96. The number of fused-ring (bicyclic) bond motifs is 1. The molecule has 2 aliphatic rings. The van der Waals surface area contributed by atoms with Crippen LogP contribution in [0.3, 0.4) is 0 Å². The summed E-state index contributed by atoms with van der Waals surface area (Å²) >= 11 is 0. The van der Waals surface area contributed by atoms with E-state index in [1.165, 1.54) is 12.8 Å². The number of likely N-dealkylation sites (tertiary alicyclic amines) is 1. The van der Waals surface area contributed by atoms with Crippen molar-refractivity contribution in [1.29, 1.82) is 0 Å². The molecular weight excluding hydrogens is 356 g/mol. The van der Waals surface area contributed by atoms with Crippen molar-refractivity contribution in [1.82, 2.24) is 29.0 Å². The minimum atomic E-state index is -0.596. The minimum Gasteiger partial charge on any atom is -0.385 e. The molecule has 1 aliphatic heterocycles.